The lowest BCUT2D eigenvalue weighted by molar-refractivity contribution is -0.696. The minimum Gasteiger partial charge on any atom is -0.296 e. The first-order valence-electron chi connectivity index (χ1n) is 9.87. The predicted molar refractivity (Wildman–Crippen MR) is 116 cm³/mol. The Bertz CT molecular complexity index is 1300. The smallest absolute Gasteiger partial charge is 0.272 e. The fraction of sp³-hybridized carbons (Fsp3) is 0.227. The molecule has 0 spiro atoms. The third kappa shape index (κ3) is 4.24. The number of benzene rings is 2. The number of unbranched alkanes of at least 4 members (excludes halogenated alkanes) is 1. The summed E-state index contributed by atoms with van der Waals surface area (Å²) in [6.07, 6.45) is 7.87. The molecule has 0 radical (unpaired) electrons. The minimum absolute atomic E-state index is 0.125. The normalized spacial score (nSPS) is 13.3. The molecule has 1 N–H and O–H groups in total. The van der Waals surface area contributed by atoms with Crippen LogP contribution in [0.5, 0.6) is 0 Å². The molecule has 0 saturated carbocycles. The first kappa shape index (κ1) is 20.2. The Morgan fingerprint density at radius 2 is 1.80 bits per heavy atom. The highest BCUT2D eigenvalue weighted by molar-refractivity contribution is 7.88. The van der Waals surface area contributed by atoms with Crippen LogP contribution in [-0.4, -0.2) is 23.3 Å². The van der Waals surface area contributed by atoms with Crippen LogP contribution in [0.4, 0.5) is 5.82 Å². The van der Waals surface area contributed by atoms with Gasteiger partial charge in [-0.3, -0.25) is 4.55 Å². The number of aryl methyl sites for hydroxylation is 2. The molecule has 0 saturated heterocycles. The number of imidazole rings is 1. The van der Waals surface area contributed by atoms with Crippen molar-refractivity contribution in [2.24, 2.45) is 4.36 Å². The quantitative estimate of drug-likeness (QED) is 0.465. The van der Waals surface area contributed by atoms with Crippen molar-refractivity contribution in [1.82, 2.24) is 14.5 Å². The van der Waals surface area contributed by atoms with Gasteiger partial charge in [-0.25, -0.2) is 18.7 Å². The van der Waals surface area contributed by atoms with Crippen molar-refractivity contribution in [3.05, 3.63) is 72.8 Å². The van der Waals surface area contributed by atoms with E-state index in [0.29, 0.717) is 16.9 Å². The van der Waals surface area contributed by atoms with Crippen LogP contribution in [0.25, 0.3) is 16.9 Å². The third-order valence-electron chi connectivity index (χ3n) is 4.78. The molecule has 2 aromatic carbocycles. The Hall–Kier alpha value is -3.10. The lowest BCUT2D eigenvalue weighted by Crippen LogP contribution is -2.30. The van der Waals surface area contributed by atoms with Gasteiger partial charge in [0.15, 0.2) is 10.0 Å². The lowest BCUT2D eigenvalue weighted by atomic mass is 10.2. The Morgan fingerprint density at radius 3 is 2.50 bits per heavy atom. The highest BCUT2D eigenvalue weighted by Gasteiger charge is 2.19. The maximum Gasteiger partial charge on any atom is 0.272 e. The summed E-state index contributed by atoms with van der Waals surface area (Å²) >= 11 is 0. The van der Waals surface area contributed by atoms with Gasteiger partial charge >= 0.3 is 0 Å². The zero-order valence-corrected chi connectivity index (χ0v) is 17.8. The standard InChI is InChI=1S/C22H23N5O2S/c1-3-4-13-26-14-15-27(16-26)22-21(23-19-7-5-6-8-20(19)24-22)25-30(28,29)18-11-9-17(2)10-12-18/h5-12,14-16H,3-4,13H2,1-2H3/p+1. The highest BCUT2D eigenvalue weighted by atomic mass is 32.2. The van der Waals surface area contributed by atoms with Crippen LogP contribution in [0.15, 0.2) is 76.5 Å². The molecule has 1 unspecified atom stereocenters. The second-order valence-corrected chi connectivity index (χ2v) is 8.82. The highest BCUT2D eigenvalue weighted by Crippen LogP contribution is 2.26. The summed E-state index contributed by atoms with van der Waals surface area (Å²) in [6.45, 7) is 4.95. The monoisotopic (exact) mass is 422 g/mol. The van der Waals surface area contributed by atoms with Crippen molar-refractivity contribution >= 4 is 26.9 Å². The van der Waals surface area contributed by atoms with E-state index >= 15 is 0 Å². The molecular weight excluding hydrogens is 398 g/mol. The van der Waals surface area contributed by atoms with Gasteiger partial charge in [-0.15, -0.1) is 4.36 Å². The second kappa shape index (κ2) is 8.33. The number of hydrogen-bond donors (Lipinski definition) is 1. The summed E-state index contributed by atoms with van der Waals surface area (Å²) in [4.78, 5) is 9.48. The fourth-order valence-corrected chi connectivity index (χ4v) is 4.05. The molecule has 7 nitrogen and oxygen atoms in total. The summed E-state index contributed by atoms with van der Waals surface area (Å²) in [5, 5.41) is 0. The van der Waals surface area contributed by atoms with Gasteiger partial charge < -0.3 is 0 Å². The van der Waals surface area contributed by atoms with E-state index in [-0.39, 0.29) is 10.7 Å². The van der Waals surface area contributed by atoms with E-state index in [1.165, 1.54) is 0 Å². The third-order valence-corrected chi connectivity index (χ3v) is 6.09. The van der Waals surface area contributed by atoms with E-state index < -0.39 is 10.0 Å². The van der Waals surface area contributed by atoms with Crippen molar-refractivity contribution in [1.29, 1.82) is 0 Å². The summed E-state index contributed by atoms with van der Waals surface area (Å²) in [6, 6.07) is 14.2. The largest absolute Gasteiger partial charge is 0.296 e. The maximum atomic E-state index is 13.0. The maximum absolute atomic E-state index is 13.0. The van der Waals surface area contributed by atoms with E-state index in [0.717, 1.165) is 24.9 Å². The molecule has 8 heteroatoms. The molecule has 0 amide bonds. The Morgan fingerprint density at radius 1 is 1.10 bits per heavy atom. The number of nitrogens with zero attached hydrogens (tertiary/aromatic N) is 5. The van der Waals surface area contributed by atoms with E-state index in [9.17, 15) is 8.76 Å². The minimum atomic E-state index is -3.68. The van der Waals surface area contributed by atoms with Crippen molar-refractivity contribution in [2.45, 2.75) is 38.1 Å². The molecule has 4 aromatic rings. The molecule has 2 heterocycles. The van der Waals surface area contributed by atoms with Crippen LogP contribution in [0.2, 0.25) is 0 Å². The van der Waals surface area contributed by atoms with Crippen LogP contribution < -0.4 is 4.57 Å². The fourth-order valence-electron chi connectivity index (χ4n) is 3.09. The first-order chi connectivity index (χ1) is 14.5. The average Bonchev–Trinajstić information content (AvgIpc) is 3.20. The Labute approximate surface area is 176 Å². The molecule has 0 aliphatic heterocycles. The molecule has 154 valence electrons. The van der Waals surface area contributed by atoms with Gasteiger partial charge in [-0.2, -0.15) is 4.57 Å². The second-order valence-electron chi connectivity index (χ2n) is 7.17. The van der Waals surface area contributed by atoms with Crippen molar-refractivity contribution < 1.29 is 13.3 Å². The van der Waals surface area contributed by atoms with Crippen LogP contribution in [0.3, 0.4) is 0 Å². The molecule has 0 aliphatic rings. The zero-order valence-electron chi connectivity index (χ0n) is 17.0. The number of para-hydroxylation sites is 2. The average molecular weight is 423 g/mol. The van der Waals surface area contributed by atoms with Crippen LogP contribution in [-0.2, 0) is 16.6 Å². The van der Waals surface area contributed by atoms with E-state index in [1.54, 1.807) is 28.8 Å². The summed E-state index contributed by atoms with van der Waals surface area (Å²) in [7, 11) is -3.68. The molecule has 0 fully saturated rings. The predicted octanol–water partition coefficient (Wildman–Crippen LogP) is 4.45. The summed E-state index contributed by atoms with van der Waals surface area (Å²) in [5.41, 5.74) is 2.31. The van der Waals surface area contributed by atoms with E-state index in [1.807, 2.05) is 49.9 Å². The number of hydrogen-bond acceptors (Lipinski definition) is 4. The van der Waals surface area contributed by atoms with E-state index in [4.69, 9.17) is 0 Å². The molecule has 1 atom stereocenters. The van der Waals surface area contributed by atoms with Gasteiger partial charge in [0, 0.05) is 0 Å². The van der Waals surface area contributed by atoms with Crippen LogP contribution in [0.1, 0.15) is 25.3 Å². The van der Waals surface area contributed by atoms with Gasteiger partial charge in [-0.05, 0) is 37.6 Å². The molecule has 4 rings (SSSR count). The van der Waals surface area contributed by atoms with Crippen molar-refractivity contribution in [2.75, 3.05) is 0 Å². The number of fused-ring (bicyclic) bond motifs is 1. The van der Waals surface area contributed by atoms with Gasteiger partial charge in [0.05, 0.1) is 22.5 Å². The molecular formula is C22H24N5O2S+. The summed E-state index contributed by atoms with van der Waals surface area (Å²) < 4.78 is 31.7. The topological polar surface area (TPSA) is 84.3 Å². The number of rotatable bonds is 6. The zero-order chi connectivity index (χ0) is 21.1. The molecule has 0 bridgehead atoms. The molecule has 2 aromatic heterocycles. The Kier molecular flexibility index (Phi) is 5.61. The van der Waals surface area contributed by atoms with Gasteiger partial charge in [0.2, 0.25) is 12.1 Å². The lowest BCUT2D eigenvalue weighted by Gasteiger charge is -2.06. The molecule has 0 aliphatic carbocycles. The Balaban J connectivity index is 1.87. The first-order valence-corrected chi connectivity index (χ1v) is 11.3. The van der Waals surface area contributed by atoms with Crippen molar-refractivity contribution in [3.8, 4) is 5.82 Å². The van der Waals surface area contributed by atoms with Gasteiger partial charge in [0.25, 0.3) is 5.82 Å². The van der Waals surface area contributed by atoms with Crippen LogP contribution in [0, 0.1) is 6.92 Å². The van der Waals surface area contributed by atoms with Gasteiger partial charge in [-0.1, -0.05) is 43.2 Å². The van der Waals surface area contributed by atoms with Gasteiger partial charge in [0.1, 0.15) is 12.4 Å². The van der Waals surface area contributed by atoms with E-state index in [2.05, 4.69) is 25.8 Å². The SMILES string of the molecule is CCCC[n+]1ccn(-c2nc3ccccc3nc2N=S(=O)(O)c2ccc(C)cc2)c1. The summed E-state index contributed by atoms with van der Waals surface area (Å²) in [5.74, 6) is 0.540. The molecule has 30 heavy (non-hydrogen) atoms. The van der Waals surface area contributed by atoms with Crippen molar-refractivity contribution in [3.63, 3.8) is 0 Å². The number of aromatic nitrogens is 4. The van der Waals surface area contributed by atoms with Crippen LogP contribution >= 0.6 is 0 Å².